The Bertz CT molecular complexity index is 557. The predicted molar refractivity (Wildman–Crippen MR) is 83.7 cm³/mol. The lowest BCUT2D eigenvalue weighted by atomic mass is 10.2. The topological polar surface area (TPSA) is 21.3 Å². The van der Waals surface area contributed by atoms with Crippen LogP contribution in [-0.4, -0.2) is 6.61 Å². The molecule has 0 atom stereocenters. The molecular weight excluding hydrogens is 321 g/mol. The maximum absolute atomic E-state index is 12.9. The highest BCUT2D eigenvalue weighted by Crippen LogP contribution is 2.24. The number of halogens is 2. The molecule has 2 nitrogen and oxygen atoms in total. The summed E-state index contributed by atoms with van der Waals surface area (Å²) in [6, 6.07) is 12.3. The molecule has 0 aliphatic heterocycles. The van der Waals surface area contributed by atoms with Crippen LogP contribution >= 0.6 is 15.9 Å². The summed E-state index contributed by atoms with van der Waals surface area (Å²) in [5, 5.41) is 3.26. The van der Waals surface area contributed by atoms with Crippen LogP contribution in [0.25, 0.3) is 0 Å². The standard InChI is InChI=1S/C16H17BrFNO/c1-2-9-20-16-8-3-13(17)10-12(16)11-19-15-6-4-14(18)5-7-15/h3-8,10,19H,2,9,11H2,1H3. The highest BCUT2D eigenvalue weighted by atomic mass is 79.9. The van der Waals surface area contributed by atoms with Gasteiger partial charge in [0.1, 0.15) is 11.6 Å². The van der Waals surface area contributed by atoms with Crippen LogP contribution < -0.4 is 10.1 Å². The van der Waals surface area contributed by atoms with Crippen LogP contribution in [0.1, 0.15) is 18.9 Å². The smallest absolute Gasteiger partial charge is 0.124 e. The SMILES string of the molecule is CCCOc1ccc(Br)cc1CNc1ccc(F)cc1. The molecule has 2 rings (SSSR count). The fourth-order valence-electron chi connectivity index (χ4n) is 1.80. The molecule has 0 amide bonds. The van der Waals surface area contributed by atoms with Crippen LogP contribution in [0.4, 0.5) is 10.1 Å². The van der Waals surface area contributed by atoms with E-state index in [0.717, 1.165) is 27.9 Å². The third-order valence-electron chi connectivity index (χ3n) is 2.81. The van der Waals surface area contributed by atoms with Gasteiger partial charge in [0.2, 0.25) is 0 Å². The highest BCUT2D eigenvalue weighted by molar-refractivity contribution is 9.10. The number of anilines is 1. The van der Waals surface area contributed by atoms with Crippen molar-refractivity contribution >= 4 is 21.6 Å². The Balaban J connectivity index is 2.07. The first kappa shape index (κ1) is 14.9. The summed E-state index contributed by atoms with van der Waals surface area (Å²) in [5.74, 6) is 0.648. The number of hydrogen-bond donors (Lipinski definition) is 1. The van der Waals surface area contributed by atoms with Gasteiger partial charge in [-0.1, -0.05) is 22.9 Å². The van der Waals surface area contributed by atoms with Crippen molar-refractivity contribution in [2.24, 2.45) is 0 Å². The Hall–Kier alpha value is -1.55. The van der Waals surface area contributed by atoms with Gasteiger partial charge in [0.15, 0.2) is 0 Å². The molecule has 0 unspecified atom stereocenters. The Morgan fingerprint density at radius 1 is 1.15 bits per heavy atom. The molecule has 0 heterocycles. The number of rotatable bonds is 6. The first-order valence-corrected chi connectivity index (χ1v) is 7.39. The average Bonchev–Trinajstić information content (AvgIpc) is 2.46. The molecule has 0 saturated carbocycles. The van der Waals surface area contributed by atoms with E-state index in [1.54, 1.807) is 12.1 Å². The normalized spacial score (nSPS) is 10.3. The van der Waals surface area contributed by atoms with Gasteiger partial charge < -0.3 is 10.1 Å². The van der Waals surface area contributed by atoms with Crippen LogP contribution in [0, 0.1) is 5.82 Å². The molecule has 0 aromatic heterocycles. The Labute approximate surface area is 127 Å². The van der Waals surface area contributed by atoms with Crippen LogP contribution in [-0.2, 0) is 6.54 Å². The van der Waals surface area contributed by atoms with Crippen molar-refractivity contribution in [1.82, 2.24) is 0 Å². The van der Waals surface area contributed by atoms with E-state index < -0.39 is 0 Å². The van der Waals surface area contributed by atoms with E-state index in [2.05, 4.69) is 28.2 Å². The van der Waals surface area contributed by atoms with Gasteiger partial charge in [-0.2, -0.15) is 0 Å². The summed E-state index contributed by atoms with van der Waals surface area (Å²) < 4.78 is 19.6. The van der Waals surface area contributed by atoms with Gasteiger partial charge in [0, 0.05) is 22.3 Å². The number of ether oxygens (including phenoxy) is 1. The van der Waals surface area contributed by atoms with E-state index in [1.807, 2.05) is 18.2 Å². The van der Waals surface area contributed by atoms with Gasteiger partial charge in [-0.3, -0.25) is 0 Å². The third kappa shape index (κ3) is 4.23. The third-order valence-corrected chi connectivity index (χ3v) is 3.30. The second-order valence-electron chi connectivity index (χ2n) is 4.46. The summed E-state index contributed by atoms with van der Waals surface area (Å²) in [7, 11) is 0. The fourth-order valence-corrected chi connectivity index (χ4v) is 2.21. The molecule has 0 radical (unpaired) electrons. The van der Waals surface area contributed by atoms with E-state index in [1.165, 1.54) is 12.1 Å². The van der Waals surface area contributed by atoms with Gasteiger partial charge in [0.05, 0.1) is 6.61 Å². The predicted octanol–water partition coefficient (Wildman–Crippen LogP) is 4.99. The summed E-state index contributed by atoms with van der Waals surface area (Å²) in [4.78, 5) is 0. The maximum Gasteiger partial charge on any atom is 0.124 e. The molecule has 0 spiro atoms. The van der Waals surface area contributed by atoms with Gasteiger partial charge in [0.25, 0.3) is 0 Å². The first-order valence-electron chi connectivity index (χ1n) is 6.59. The van der Waals surface area contributed by atoms with Gasteiger partial charge >= 0.3 is 0 Å². The number of nitrogens with one attached hydrogen (secondary N) is 1. The van der Waals surface area contributed by atoms with Crippen molar-refractivity contribution in [1.29, 1.82) is 0 Å². The van der Waals surface area contributed by atoms with Gasteiger partial charge in [-0.25, -0.2) is 4.39 Å². The number of benzene rings is 2. The molecular formula is C16H17BrFNO. The summed E-state index contributed by atoms with van der Waals surface area (Å²) >= 11 is 3.47. The van der Waals surface area contributed by atoms with E-state index in [0.29, 0.717) is 13.2 Å². The lowest BCUT2D eigenvalue weighted by molar-refractivity contribution is 0.314. The van der Waals surface area contributed by atoms with Crippen LogP contribution in [0.15, 0.2) is 46.9 Å². The van der Waals surface area contributed by atoms with E-state index in [4.69, 9.17) is 4.74 Å². The zero-order valence-corrected chi connectivity index (χ0v) is 12.9. The van der Waals surface area contributed by atoms with E-state index >= 15 is 0 Å². The minimum Gasteiger partial charge on any atom is -0.493 e. The quantitative estimate of drug-likeness (QED) is 0.801. The minimum absolute atomic E-state index is 0.232. The van der Waals surface area contributed by atoms with Crippen molar-refractivity contribution in [3.63, 3.8) is 0 Å². The van der Waals surface area contributed by atoms with Crippen LogP contribution in [0.2, 0.25) is 0 Å². The van der Waals surface area contributed by atoms with Gasteiger partial charge in [-0.05, 0) is 48.9 Å². The van der Waals surface area contributed by atoms with Crippen molar-refractivity contribution in [2.75, 3.05) is 11.9 Å². The second kappa shape index (κ2) is 7.29. The van der Waals surface area contributed by atoms with E-state index in [-0.39, 0.29) is 5.82 Å². The first-order chi connectivity index (χ1) is 9.69. The van der Waals surface area contributed by atoms with Crippen molar-refractivity contribution < 1.29 is 9.13 Å². The highest BCUT2D eigenvalue weighted by Gasteiger charge is 2.05. The monoisotopic (exact) mass is 337 g/mol. The summed E-state index contributed by atoms with van der Waals surface area (Å²) in [6.45, 7) is 3.41. The molecule has 2 aromatic carbocycles. The largest absolute Gasteiger partial charge is 0.493 e. The Kier molecular flexibility index (Phi) is 5.41. The Morgan fingerprint density at radius 2 is 1.90 bits per heavy atom. The number of hydrogen-bond acceptors (Lipinski definition) is 2. The molecule has 0 fully saturated rings. The van der Waals surface area contributed by atoms with Crippen molar-refractivity contribution in [3.8, 4) is 5.75 Å². The molecule has 0 aliphatic rings. The molecule has 0 saturated heterocycles. The molecule has 0 bridgehead atoms. The van der Waals surface area contributed by atoms with Crippen molar-refractivity contribution in [2.45, 2.75) is 19.9 Å². The van der Waals surface area contributed by atoms with E-state index in [9.17, 15) is 4.39 Å². The minimum atomic E-state index is -0.232. The maximum atomic E-state index is 12.9. The molecule has 1 N–H and O–H groups in total. The molecule has 106 valence electrons. The van der Waals surface area contributed by atoms with Crippen LogP contribution in [0.3, 0.4) is 0 Å². The Morgan fingerprint density at radius 3 is 2.60 bits per heavy atom. The van der Waals surface area contributed by atoms with Gasteiger partial charge in [-0.15, -0.1) is 0 Å². The summed E-state index contributed by atoms with van der Waals surface area (Å²) in [6.07, 6.45) is 0.973. The average molecular weight is 338 g/mol. The zero-order valence-electron chi connectivity index (χ0n) is 11.3. The second-order valence-corrected chi connectivity index (χ2v) is 5.38. The lowest BCUT2D eigenvalue weighted by Crippen LogP contribution is -2.04. The van der Waals surface area contributed by atoms with Crippen LogP contribution in [0.5, 0.6) is 5.75 Å². The summed E-state index contributed by atoms with van der Waals surface area (Å²) in [5.41, 5.74) is 1.95. The molecule has 2 aromatic rings. The zero-order chi connectivity index (χ0) is 14.4. The lowest BCUT2D eigenvalue weighted by Gasteiger charge is -2.13. The molecule has 0 aliphatic carbocycles. The molecule has 4 heteroatoms. The molecule has 20 heavy (non-hydrogen) atoms. The fraction of sp³-hybridized carbons (Fsp3) is 0.250. The van der Waals surface area contributed by atoms with Crippen molar-refractivity contribution in [3.05, 3.63) is 58.3 Å².